The number of rotatable bonds is 3. The lowest BCUT2D eigenvalue weighted by Crippen LogP contribution is -2.51. The smallest absolute Gasteiger partial charge is 0.410 e. The van der Waals surface area contributed by atoms with Crippen molar-refractivity contribution >= 4 is 22.9 Å². The zero-order chi connectivity index (χ0) is 18.0. The molecule has 25 heavy (non-hydrogen) atoms. The summed E-state index contributed by atoms with van der Waals surface area (Å²) in [5.41, 5.74) is 3.01. The summed E-state index contributed by atoms with van der Waals surface area (Å²) in [4.78, 5) is 26.0. The molecule has 1 atom stereocenters. The van der Waals surface area contributed by atoms with E-state index in [2.05, 4.69) is 16.5 Å². The van der Waals surface area contributed by atoms with Crippen molar-refractivity contribution in [2.24, 2.45) is 7.05 Å². The van der Waals surface area contributed by atoms with E-state index in [9.17, 15) is 9.59 Å². The summed E-state index contributed by atoms with van der Waals surface area (Å²) in [5.74, 6) is -0.156. The van der Waals surface area contributed by atoms with Gasteiger partial charge in [-0.25, -0.2) is 4.79 Å². The van der Waals surface area contributed by atoms with Gasteiger partial charge in [0.25, 0.3) is 0 Å². The van der Waals surface area contributed by atoms with Gasteiger partial charge in [0.15, 0.2) is 0 Å². The van der Waals surface area contributed by atoms with E-state index in [4.69, 9.17) is 4.74 Å². The number of fused-ring (bicyclic) bond motifs is 1. The van der Waals surface area contributed by atoms with E-state index in [-0.39, 0.29) is 5.91 Å². The number of hydrogen-bond acceptors (Lipinski definition) is 4. The van der Waals surface area contributed by atoms with Crippen LogP contribution in [0.15, 0.2) is 18.2 Å². The molecular formula is C18H24N4O3. The lowest BCUT2D eigenvalue weighted by Gasteiger charge is -2.33. The number of nitrogens with zero attached hydrogens (tertiary/aromatic N) is 3. The van der Waals surface area contributed by atoms with Crippen LogP contribution in [0.5, 0.6) is 0 Å². The number of hydrogen-bond donors (Lipinski definition) is 1. The number of amides is 2. The Hall–Kier alpha value is -2.57. The lowest BCUT2D eigenvalue weighted by atomic mass is 10.0. The molecule has 7 heteroatoms. The largest absolute Gasteiger partial charge is 0.453 e. The number of nitrogens with one attached hydrogen (secondary N) is 1. The maximum atomic E-state index is 12.6. The maximum Gasteiger partial charge on any atom is 0.410 e. The highest BCUT2D eigenvalue weighted by molar-refractivity contribution is 5.87. The SMILES string of the molecule is COC(=O)N1CCCCC1C(=O)NCc1nn(C)c2ccc(C)cc12. The van der Waals surface area contributed by atoms with Crippen LogP contribution in [-0.4, -0.2) is 46.4 Å². The minimum Gasteiger partial charge on any atom is -0.453 e. The number of aromatic nitrogens is 2. The molecule has 2 heterocycles. The molecule has 134 valence electrons. The highest BCUT2D eigenvalue weighted by Crippen LogP contribution is 2.21. The van der Waals surface area contributed by atoms with Crippen LogP contribution in [0.2, 0.25) is 0 Å². The standard InChI is InChI=1S/C18H24N4O3/c1-12-7-8-15-13(10-12)14(20-21(15)2)11-19-17(23)16-6-4-5-9-22(16)18(24)25-3/h7-8,10,16H,4-6,9,11H2,1-3H3,(H,19,23). The summed E-state index contributed by atoms with van der Waals surface area (Å²) in [7, 11) is 3.23. The highest BCUT2D eigenvalue weighted by Gasteiger charge is 2.32. The van der Waals surface area contributed by atoms with Gasteiger partial charge < -0.3 is 10.1 Å². The fourth-order valence-corrected chi connectivity index (χ4v) is 3.41. The number of methoxy groups -OCH3 is 1. The highest BCUT2D eigenvalue weighted by atomic mass is 16.5. The fraction of sp³-hybridized carbons (Fsp3) is 0.500. The first-order valence-corrected chi connectivity index (χ1v) is 8.56. The van der Waals surface area contributed by atoms with Gasteiger partial charge in [0, 0.05) is 19.0 Å². The van der Waals surface area contributed by atoms with Crippen molar-refractivity contribution in [3.63, 3.8) is 0 Å². The molecule has 1 N–H and O–H groups in total. The van der Waals surface area contributed by atoms with Crippen LogP contribution in [0.25, 0.3) is 10.9 Å². The first kappa shape index (κ1) is 17.3. The predicted molar refractivity (Wildman–Crippen MR) is 94.0 cm³/mol. The van der Waals surface area contributed by atoms with Gasteiger partial charge in [-0.3, -0.25) is 14.4 Å². The Labute approximate surface area is 146 Å². The number of carbonyl (C=O) groups excluding carboxylic acids is 2. The van der Waals surface area contributed by atoms with E-state index >= 15 is 0 Å². The molecule has 1 fully saturated rings. The van der Waals surface area contributed by atoms with E-state index < -0.39 is 12.1 Å². The van der Waals surface area contributed by atoms with Crippen LogP contribution in [-0.2, 0) is 23.1 Å². The molecule has 1 aromatic carbocycles. The molecule has 2 amide bonds. The first-order chi connectivity index (χ1) is 12.0. The number of carbonyl (C=O) groups is 2. The zero-order valence-corrected chi connectivity index (χ0v) is 14.9. The lowest BCUT2D eigenvalue weighted by molar-refractivity contribution is -0.127. The van der Waals surface area contributed by atoms with Gasteiger partial charge in [0.2, 0.25) is 5.91 Å². The van der Waals surface area contributed by atoms with E-state index in [0.717, 1.165) is 35.0 Å². The molecule has 0 spiro atoms. The average Bonchev–Trinajstić information content (AvgIpc) is 2.94. The van der Waals surface area contributed by atoms with Crippen LogP contribution in [0.4, 0.5) is 4.79 Å². The quantitative estimate of drug-likeness (QED) is 0.925. The van der Waals surface area contributed by atoms with Crippen molar-refractivity contribution in [3.05, 3.63) is 29.5 Å². The van der Waals surface area contributed by atoms with Gasteiger partial charge in [0.1, 0.15) is 6.04 Å². The number of benzene rings is 1. The Morgan fingerprint density at radius 1 is 1.36 bits per heavy atom. The summed E-state index contributed by atoms with van der Waals surface area (Å²) in [5, 5.41) is 8.49. The fourth-order valence-electron chi connectivity index (χ4n) is 3.41. The Balaban J connectivity index is 1.73. The Bertz CT molecular complexity index is 799. The topological polar surface area (TPSA) is 76.5 Å². The third-order valence-corrected chi connectivity index (χ3v) is 4.73. The van der Waals surface area contributed by atoms with Crippen LogP contribution in [0.3, 0.4) is 0 Å². The van der Waals surface area contributed by atoms with Gasteiger partial charge in [-0.1, -0.05) is 11.6 Å². The third-order valence-electron chi connectivity index (χ3n) is 4.73. The van der Waals surface area contributed by atoms with Gasteiger partial charge in [-0.2, -0.15) is 5.10 Å². The van der Waals surface area contributed by atoms with E-state index in [1.165, 1.54) is 12.0 Å². The van der Waals surface area contributed by atoms with Crippen LogP contribution in [0.1, 0.15) is 30.5 Å². The number of piperidine rings is 1. The average molecular weight is 344 g/mol. The summed E-state index contributed by atoms with van der Waals surface area (Å²) in [6, 6.07) is 5.68. The van der Waals surface area contributed by atoms with Gasteiger partial charge in [0.05, 0.1) is 24.9 Å². The normalized spacial score (nSPS) is 17.6. The second-order valence-electron chi connectivity index (χ2n) is 6.48. The molecule has 0 aliphatic carbocycles. The molecule has 1 saturated heterocycles. The Morgan fingerprint density at radius 2 is 2.16 bits per heavy atom. The molecule has 1 aromatic heterocycles. The van der Waals surface area contributed by atoms with Crippen molar-refractivity contribution < 1.29 is 14.3 Å². The molecule has 7 nitrogen and oxygen atoms in total. The van der Waals surface area contributed by atoms with Crippen molar-refractivity contribution in [2.45, 2.75) is 38.8 Å². The minimum atomic E-state index is -0.474. The van der Waals surface area contributed by atoms with Crippen molar-refractivity contribution in [3.8, 4) is 0 Å². The number of aryl methyl sites for hydroxylation is 2. The molecule has 1 unspecified atom stereocenters. The summed E-state index contributed by atoms with van der Waals surface area (Å²) < 4.78 is 6.62. The monoisotopic (exact) mass is 344 g/mol. The van der Waals surface area contributed by atoms with Crippen molar-refractivity contribution in [1.29, 1.82) is 0 Å². The minimum absolute atomic E-state index is 0.156. The maximum absolute atomic E-state index is 12.6. The van der Waals surface area contributed by atoms with Crippen LogP contribution in [0, 0.1) is 6.92 Å². The van der Waals surface area contributed by atoms with Gasteiger partial charge in [-0.05, 0) is 38.3 Å². The zero-order valence-electron chi connectivity index (χ0n) is 14.9. The molecular weight excluding hydrogens is 320 g/mol. The molecule has 3 rings (SSSR count). The third kappa shape index (κ3) is 3.45. The van der Waals surface area contributed by atoms with E-state index in [1.54, 1.807) is 0 Å². The van der Waals surface area contributed by atoms with Crippen molar-refractivity contribution in [2.75, 3.05) is 13.7 Å². The number of likely N-dealkylation sites (tertiary alicyclic amines) is 1. The van der Waals surface area contributed by atoms with E-state index in [1.807, 2.05) is 30.8 Å². The Morgan fingerprint density at radius 3 is 2.92 bits per heavy atom. The van der Waals surface area contributed by atoms with Gasteiger partial charge >= 0.3 is 6.09 Å². The summed E-state index contributed by atoms with van der Waals surface area (Å²) in [6.45, 7) is 2.92. The molecule has 2 aromatic rings. The first-order valence-electron chi connectivity index (χ1n) is 8.56. The summed E-state index contributed by atoms with van der Waals surface area (Å²) in [6.07, 6.45) is 2.03. The number of ether oxygens (including phenoxy) is 1. The van der Waals surface area contributed by atoms with E-state index in [0.29, 0.717) is 19.5 Å². The molecule has 0 radical (unpaired) electrons. The molecule has 1 aliphatic rings. The Kier molecular flexibility index (Phi) is 4.92. The second-order valence-corrected chi connectivity index (χ2v) is 6.48. The van der Waals surface area contributed by atoms with Crippen LogP contribution >= 0.6 is 0 Å². The van der Waals surface area contributed by atoms with Gasteiger partial charge in [-0.15, -0.1) is 0 Å². The molecule has 0 bridgehead atoms. The van der Waals surface area contributed by atoms with Crippen LogP contribution < -0.4 is 5.32 Å². The second kappa shape index (κ2) is 7.13. The molecule has 0 saturated carbocycles. The predicted octanol–water partition coefficient (Wildman–Crippen LogP) is 2.12. The summed E-state index contributed by atoms with van der Waals surface area (Å²) >= 11 is 0. The molecule has 1 aliphatic heterocycles. The van der Waals surface area contributed by atoms with Crippen molar-refractivity contribution in [1.82, 2.24) is 20.0 Å².